The lowest BCUT2D eigenvalue weighted by molar-refractivity contribution is -0.111. The van der Waals surface area contributed by atoms with E-state index in [0.29, 0.717) is 11.3 Å². The zero-order chi connectivity index (χ0) is 16.9. The molecule has 1 aromatic heterocycles. The minimum Gasteiger partial charge on any atom is -0.347 e. The second kappa shape index (κ2) is 7.24. The van der Waals surface area contributed by atoms with Crippen LogP contribution < -0.4 is 10.6 Å². The molecule has 0 saturated heterocycles. The summed E-state index contributed by atoms with van der Waals surface area (Å²) in [6.45, 7) is 5.77. The van der Waals surface area contributed by atoms with Crippen molar-refractivity contribution in [2.45, 2.75) is 26.3 Å². The van der Waals surface area contributed by atoms with Gasteiger partial charge in [-0.05, 0) is 56.5 Å². The Morgan fingerprint density at radius 3 is 2.57 bits per heavy atom. The van der Waals surface area contributed by atoms with Gasteiger partial charge in [0.25, 0.3) is 5.91 Å². The van der Waals surface area contributed by atoms with E-state index in [4.69, 9.17) is 0 Å². The fourth-order valence-electron chi connectivity index (χ4n) is 1.88. The molecule has 0 fully saturated rings. The first kappa shape index (κ1) is 17.0. The van der Waals surface area contributed by atoms with Crippen molar-refractivity contribution in [1.82, 2.24) is 5.32 Å². The Bertz CT molecular complexity index is 713. The van der Waals surface area contributed by atoms with E-state index in [2.05, 4.69) is 10.6 Å². The van der Waals surface area contributed by atoms with Gasteiger partial charge in [-0.15, -0.1) is 11.3 Å². The predicted molar refractivity (Wildman–Crippen MR) is 95.6 cm³/mol. The number of hydrogen-bond donors (Lipinski definition) is 2. The van der Waals surface area contributed by atoms with Gasteiger partial charge >= 0.3 is 0 Å². The van der Waals surface area contributed by atoms with E-state index in [0.717, 1.165) is 4.88 Å². The first-order valence-corrected chi connectivity index (χ1v) is 8.17. The van der Waals surface area contributed by atoms with E-state index in [1.54, 1.807) is 41.7 Å². The molecule has 0 saturated carbocycles. The molecular weight excluding hydrogens is 308 g/mol. The molecule has 0 aliphatic carbocycles. The van der Waals surface area contributed by atoms with E-state index >= 15 is 0 Å². The number of amides is 2. The number of anilines is 1. The maximum absolute atomic E-state index is 12.1. The number of carbonyl (C=O) groups is 2. The van der Waals surface area contributed by atoms with Gasteiger partial charge in [0.1, 0.15) is 0 Å². The molecule has 0 radical (unpaired) electrons. The topological polar surface area (TPSA) is 58.2 Å². The van der Waals surface area contributed by atoms with Crippen molar-refractivity contribution in [1.29, 1.82) is 0 Å². The second-order valence-electron chi connectivity index (χ2n) is 6.12. The van der Waals surface area contributed by atoms with Crippen molar-refractivity contribution >= 4 is 34.9 Å². The van der Waals surface area contributed by atoms with Gasteiger partial charge in [0, 0.05) is 27.7 Å². The molecule has 5 heteroatoms. The van der Waals surface area contributed by atoms with Crippen LogP contribution in [0.3, 0.4) is 0 Å². The summed E-state index contributed by atoms with van der Waals surface area (Å²) in [6.07, 6.45) is 3.24. The van der Waals surface area contributed by atoms with Gasteiger partial charge in [0.15, 0.2) is 0 Å². The largest absolute Gasteiger partial charge is 0.347 e. The number of benzene rings is 1. The lowest BCUT2D eigenvalue weighted by Gasteiger charge is -2.20. The van der Waals surface area contributed by atoms with Gasteiger partial charge in [-0.3, -0.25) is 9.59 Å². The highest BCUT2D eigenvalue weighted by Crippen LogP contribution is 2.13. The van der Waals surface area contributed by atoms with E-state index < -0.39 is 0 Å². The number of nitrogens with one attached hydrogen (secondary N) is 2. The van der Waals surface area contributed by atoms with Crippen LogP contribution in [0.25, 0.3) is 6.08 Å². The van der Waals surface area contributed by atoms with E-state index in [1.807, 2.05) is 38.3 Å². The lowest BCUT2D eigenvalue weighted by Crippen LogP contribution is -2.40. The standard InChI is InChI=1S/C18H20N2O2S/c1-18(2,3)20-17(22)13-6-4-7-14(12-13)19-16(21)10-9-15-8-5-11-23-15/h4-12H,1-3H3,(H,19,21)(H,20,22)/b10-9+. The average Bonchev–Trinajstić information content (AvgIpc) is 2.97. The average molecular weight is 328 g/mol. The fourth-order valence-corrected chi connectivity index (χ4v) is 2.50. The molecule has 2 N–H and O–H groups in total. The minimum atomic E-state index is -0.306. The van der Waals surface area contributed by atoms with Gasteiger partial charge in [0.2, 0.25) is 5.91 Å². The molecule has 23 heavy (non-hydrogen) atoms. The van der Waals surface area contributed by atoms with Crippen molar-refractivity contribution < 1.29 is 9.59 Å². The van der Waals surface area contributed by atoms with Crippen LogP contribution in [0.2, 0.25) is 0 Å². The molecule has 2 aromatic rings. The number of carbonyl (C=O) groups excluding carboxylic acids is 2. The Morgan fingerprint density at radius 2 is 1.91 bits per heavy atom. The minimum absolute atomic E-state index is 0.164. The van der Waals surface area contributed by atoms with Crippen molar-refractivity contribution in [3.05, 3.63) is 58.3 Å². The van der Waals surface area contributed by atoms with E-state index in [9.17, 15) is 9.59 Å². The van der Waals surface area contributed by atoms with Crippen LogP contribution in [-0.2, 0) is 4.79 Å². The third-order valence-electron chi connectivity index (χ3n) is 2.82. The van der Waals surface area contributed by atoms with Gasteiger partial charge in [-0.25, -0.2) is 0 Å². The quantitative estimate of drug-likeness (QED) is 0.836. The second-order valence-corrected chi connectivity index (χ2v) is 7.10. The van der Waals surface area contributed by atoms with Crippen LogP contribution in [0.15, 0.2) is 47.9 Å². The summed E-state index contributed by atoms with van der Waals surface area (Å²) >= 11 is 1.56. The third kappa shape index (κ3) is 5.71. The molecule has 0 spiro atoms. The van der Waals surface area contributed by atoms with Gasteiger partial charge in [-0.2, -0.15) is 0 Å². The molecule has 0 atom stereocenters. The van der Waals surface area contributed by atoms with Crippen molar-refractivity contribution in [3.63, 3.8) is 0 Å². The molecule has 4 nitrogen and oxygen atoms in total. The number of rotatable bonds is 4. The van der Waals surface area contributed by atoms with E-state index in [1.165, 1.54) is 6.08 Å². The van der Waals surface area contributed by atoms with Crippen LogP contribution in [0.1, 0.15) is 36.0 Å². The van der Waals surface area contributed by atoms with Crippen LogP contribution in [-0.4, -0.2) is 17.4 Å². The van der Waals surface area contributed by atoms with Gasteiger partial charge < -0.3 is 10.6 Å². The van der Waals surface area contributed by atoms with Crippen molar-refractivity contribution in [2.24, 2.45) is 0 Å². The normalized spacial score (nSPS) is 11.4. The maximum Gasteiger partial charge on any atom is 0.251 e. The Hall–Kier alpha value is -2.40. The highest BCUT2D eigenvalue weighted by atomic mass is 32.1. The van der Waals surface area contributed by atoms with Crippen molar-refractivity contribution in [3.8, 4) is 0 Å². The van der Waals surface area contributed by atoms with Crippen LogP contribution in [0, 0.1) is 0 Å². The summed E-state index contributed by atoms with van der Waals surface area (Å²) in [6, 6.07) is 10.8. The molecular formula is C18H20N2O2S. The Balaban J connectivity index is 2.02. The van der Waals surface area contributed by atoms with Crippen LogP contribution in [0.5, 0.6) is 0 Å². The van der Waals surface area contributed by atoms with Crippen LogP contribution >= 0.6 is 11.3 Å². The summed E-state index contributed by atoms with van der Waals surface area (Å²) in [5.74, 6) is -0.394. The molecule has 0 aliphatic rings. The Kier molecular flexibility index (Phi) is 5.34. The summed E-state index contributed by atoms with van der Waals surface area (Å²) in [7, 11) is 0. The molecule has 1 heterocycles. The maximum atomic E-state index is 12.1. The Labute approximate surface area is 140 Å². The van der Waals surface area contributed by atoms with Gasteiger partial charge in [-0.1, -0.05) is 12.1 Å². The SMILES string of the molecule is CC(C)(C)NC(=O)c1cccc(NC(=O)/C=C/c2cccs2)c1. The first-order valence-electron chi connectivity index (χ1n) is 7.29. The van der Waals surface area contributed by atoms with Crippen molar-refractivity contribution in [2.75, 3.05) is 5.32 Å². The smallest absolute Gasteiger partial charge is 0.251 e. The molecule has 2 rings (SSSR count). The summed E-state index contributed by atoms with van der Waals surface area (Å²) in [5, 5.41) is 7.61. The summed E-state index contributed by atoms with van der Waals surface area (Å²) in [4.78, 5) is 25.1. The highest BCUT2D eigenvalue weighted by molar-refractivity contribution is 7.10. The molecule has 2 amide bonds. The molecule has 0 aliphatic heterocycles. The Morgan fingerprint density at radius 1 is 1.13 bits per heavy atom. The predicted octanol–water partition coefficient (Wildman–Crippen LogP) is 3.93. The van der Waals surface area contributed by atoms with E-state index in [-0.39, 0.29) is 17.4 Å². The highest BCUT2D eigenvalue weighted by Gasteiger charge is 2.15. The lowest BCUT2D eigenvalue weighted by atomic mass is 10.1. The molecule has 0 unspecified atom stereocenters. The summed E-state index contributed by atoms with van der Waals surface area (Å²) < 4.78 is 0. The zero-order valence-corrected chi connectivity index (χ0v) is 14.2. The first-order chi connectivity index (χ1) is 10.8. The third-order valence-corrected chi connectivity index (χ3v) is 3.66. The number of thiophene rings is 1. The molecule has 1 aromatic carbocycles. The van der Waals surface area contributed by atoms with Gasteiger partial charge in [0.05, 0.1) is 0 Å². The summed E-state index contributed by atoms with van der Waals surface area (Å²) in [5.41, 5.74) is 0.798. The number of hydrogen-bond acceptors (Lipinski definition) is 3. The molecule has 0 bridgehead atoms. The van der Waals surface area contributed by atoms with Crippen LogP contribution in [0.4, 0.5) is 5.69 Å². The fraction of sp³-hybridized carbons (Fsp3) is 0.222. The zero-order valence-electron chi connectivity index (χ0n) is 13.4. The molecule has 120 valence electrons. The monoisotopic (exact) mass is 328 g/mol.